The summed E-state index contributed by atoms with van der Waals surface area (Å²) in [5.74, 6) is 0.818. The molecule has 3 heterocycles. The summed E-state index contributed by atoms with van der Waals surface area (Å²) < 4.78 is 13.2. The fraction of sp³-hybridized carbons (Fsp3) is 0.462. The standard InChI is InChI=1S/C26H30N4O3/c1-32-22-10-6-17(7-11-22)14-29-20-12-18(13-21(29)16-33-15-20)27-26(31)25-23-4-2-3-5-24(23)30(28-25)19-8-9-19/h2-7,10-11,18-21H,8-9,12-16H2,1H3,(H,27,31)/t18?,20-,21+. The van der Waals surface area contributed by atoms with Crippen LogP contribution in [0.25, 0.3) is 10.9 Å². The summed E-state index contributed by atoms with van der Waals surface area (Å²) in [6.45, 7) is 2.30. The maximum atomic E-state index is 13.3. The van der Waals surface area contributed by atoms with E-state index in [1.165, 1.54) is 5.56 Å². The van der Waals surface area contributed by atoms with Gasteiger partial charge in [0.25, 0.3) is 5.91 Å². The van der Waals surface area contributed by atoms with Gasteiger partial charge in [-0.2, -0.15) is 5.10 Å². The molecule has 3 aromatic rings. The largest absolute Gasteiger partial charge is 0.497 e. The zero-order valence-electron chi connectivity index (χ0n) is 18.9. The summed E-state index contributed by atoms with van der Waals surface area (Å²) in [5.41, 5.74) is 2.89. The van der Waals surface area contributed by atoms with Gasteiger partial charge in [0.1, 0.15) is 5.75 Å². The highest BCUT2D eigenvalue weighted by Crippen LogP contribution is 2.37. The van der Waals surface area contributed by atoms with Gasteiger partial charge < -0.3 is 14.8 Å². The van der Waals surface area contributed by atoms with Crippen molar-refractivity contribution in [3.8, 4) is 5.75 Å². The maximum absolute atomic E-state index is 13.3. The number of morpholine rings is 1. The molecule has 7 nitrogen and oxygen atoms in total. The van der Waals surface area contributed by atoms with Crippen LogP contribution in [0.2, 0.25) is 0 Å². The number of amides is 1. The van der Waals surface area contributed by atoms with Crippen LogP contribution in [0.3, 0.4) is 0 Å². The van der Waals surface area contributed by atoms with Gasteiger partial charge in [0, 0.05) is 30.1 Å². The van der Waals surface area contributed by atoms with Crippen LogP contribution in [0.4, 0.5) is 0 Å². The van der Waals surface area contributed by atoms with Crippen LogP contribution in [-0.4, -0.2) is 59.0 Å². The number of carbonyl (C=O) groups is 1. The lowest BCUT2D eigenvalue weighted by Crippen LogP contribution is -2.60. The summed E-state index contributed by atoms with van der Waals surface area (Å²) in [5, 5.41) is 8.99. The van der Waals surface area contributed by atoms with Gasteiger partial charge in [0.2, 0.25) is 0 Å². The van der Waals surface area contributed by atoms with E-state index in [1.807, 2.05) is 35.0 Å². The second kappa shape index (κ2) is 8.47. The molecule has 0 radical (unpaired) electrons. The third-order valence-electron chi connectivity index (χ3n) is 7.25. The number of methoxy groups -OCH3 is 1. The number of ether oxygens (including phenoxy) is 2. The molecule has 1 saturated carbocycles. The molecule has 1 N–H and O–H groups in total. The zero-order chi connectivity index (χ0) is 22.4. The Kier molecular flexibility index (Phi) is 5.31. The van der Waals surface area contributed by atoms with Gasteiger partial charge in [-0.1, -0.05) is 30.3 Å². The van der Waals surface area contributed by atoms with E-state index in [9.17, 15) is 4.79 Å². The Morgan fingerprint density at radius 1 is 1.06 bits per heavy atom. The Morgan fingerprint density at radius 3 is 2.48 bits per heavy atom. The first kappa shape index (κ1) is 20.7. The maximum Gasteiger partial charge on any atom is 0.272 e. The number of nitrogens with zero attached hydrogens (tertiary/aromatic N) is 3. The Labute approximate surface area is 193 Å². The number of fused-ring (bicyclic) bond motifs is 3. The predicted octanol–water partition coefficient (Wildman–Crippen LogP) is 3.54. The van der Waals surface area contributed by atoms with Crippen LogP contribution in [0.1, 0.15) is 47.8 Å². The third kappa shape index (κ3) is 4.00. The number of piperidine rings is 1. The van der Waals surface area contributed by atoms with Crippen LogP contribution in [-0.2, 0) is 11.3 Å². The fourth-order valence-corrected chi connectivity index (χ4v) is 5.42. The Balaban J connectivity index is 1.16. The molecule has 3 atom stereocenters. The monoisotopic (exact) mass is 446 g/mol. The fourth-order valence-electron chi connectivity index (χ4n) is 5.42. The van der Waals surface area contributed by atoms with Gasteiger partial charge in [0.15, 0.2) is 5.69 Å². The molecule has 33 heavy (non-hydrogen) atoms. The lowest BCUT2D eigenvalue weighted by Gasteiger charge is -2.48. The van der Waals surface area contributed by atoms with Crippen molar-refractivity contribution in [2.24, 2.45) is 0 Å². The minimum atomic E-state index is -0.0572. The first-order chi connectivity index (χ1) is 16.2. The van der Waals surface area contributed by atoms with E-state index in [2.05, 4.69) is 28.4 Å². The molecule has 6 rings (SSSR count). The van der Waals surface area contributed by atoms with E-state index in [4.69, 9.17) is 14.6 Å². The van der Waals surface area contributed by atoms with Crippen molar-refractivity contribution in [3.63, 3.8) is 0 Å². The van der Waals surface area contributed by atoms with Gasteiger partial charge in [-0.15, -0.1) is 0 Å². The molecular formula is C26H30N4O3. The van der Waals surface area contributed by atoms with Crippen molar-refractivity contribution < 1.29 is 14.3 Å². The molecule has 1 amide bonds. The molecule has 0 spiro atoms. The highest BCUT2D eigenvalue weighted by Gasteiger charge is 2.40. The average Bonchev–Trinajstić information content (AvgIpc) is 3.60. The molecule has 7 heteroatoms. The number of carbonyl (C=O) groups excluding carboxylic acids is 1. The third-order valence-corrected chi connectivity index (χ3v) is 7.25. The van der Waals surface area contributed by atoms with E-state index in [0.29, 0.717) is 37.0 Å². The van der Waals surface area contributed by atoms with Crippen molar-refractivity contribution in [1.29, 1.82) is 0 Å². The minimum Gasteiger partial charge on any atom is -0.497 e. The lowest BCUT2D eigenvalue weighted by molar-refractivity contribution is -0.0843. The molecule has 1 aliphatic carbocycles. The number of hydrogen-bond acceptors (Lipinski definition) is 5. The normalized spacial score (nSPS) is 25.2. The Morgan fingerprint density at radius 2 is 1.79 bits per heavy atom. The molecule has 2 aromatic carbocycles. The predicted molar refractivity (Wildman–Crippen MR) is 125 cm³/mol. The molecule has 2 aliphatic heterocycles. The number of aromatic nitrogens is 2. The smallest absolute Gasteiger partial charge is 0.272 e. The molecule has 2 saturated heterocycles. The summed E-state index contributed by atoms with van der Waals surface area (Å²) in [7, 11) is 1.69. The quantitative estimate of drug-likeness (QED) is 0.627. The Bertz CT molecular complexity index is 1140. The Hall–Kier alpha value is -2.90. The number of rotatable bonds is 6. The highest BCUT2D eigenvalue weighted by molar-refractivity contribution is 6.05. The first-order valence-corrected chi connectivity index (χ1v) is 11.9. The molecule has 3 aliphatic rings. The highest BCUT2D eigenvalue weighted by atomic mass is 16.5. The van der Waals surface area contributed by atoms with E-state index in [1.54, 1.807) is 7.11 Å². The summed E-state index contributed by atoms with van der Waals surface area (Å²) >= 11 is 0. The lowest BCUT2D eigenvalue weighted by atomic mass is 9.89. The minimum absolute atomic E-state index is 0.0572. The summed E-state index contributed by atoms with van der Waals surface area (Å²) in [4.78, 5) is 15.8. The number of nitrogens with one attached hydrogen (secondary N) is 1. The number of para-hydroxylation sites is 1. The summed E-state index contributed by atoms with van der Waals surface area (Å²) in [6, 6.07) is 17.5. The van der Waals surface area contributed by atoms with Gasteiger partial charge in [0.05, 0.1) is 31.9 Å². The molecule has 172 valence electrons. The van der Waals surface area contributed by atoms with Crippen molar-refractivity contribution in [3.05, 3.63) is 59.8 Å². The number of benzene rings is 2. The van der Waals surface area contributed by atoms with Crippen molar-refractivity contribution in [2.75, 3.05) is 20.3 Å². The van der Waals surface area contributed by atoms with Crippen LogP contribution in [0.5, 0.6) is 5.75 Å². The molecule has 1 unspecified atom stereocenters. The second-order valence-corrected chi connectivity index (χ2v) is 9.55. The van der Waals surface area contributed by atoms with E-state index in [0.717, 1.165) is 48.9 Å². The van der Waals surface area contributed by atoms with E-state index >= 15 is 0 Å². The average molecular weight is 447 g/mol. The SMILES string of the molecule is COc1ccc(CN2[C@@H]3COC[C@H]2CC(NC(=O)c2nn(C4CC4)c4ccccc24)C3)cc1. The second-order valence-electron chi connectivity index (χ2n) is 9.55. The van der Waals surface area contributed by atoms with Gasteiger partial charge in [-0.05, 0) is 49.4 Å². The van der Waals surface area contributed by atoms with E-state index < -0.39 is 0 Å². The van der Waals surface area contributed by atoms with Gasteiger partial charge in [-0.25, -0.2) is 0 Å². The van der Waals surface area contributed by atoms with Crippen molar-refractivity contribution in [1.82, 2.24) is 20.0 Å². The van der Waals surface area contributed by atoms with Crippen molar-refractivity contribution in [2.45, 2.75) is 56.4 Å². The topological polar surface area (TPSA) is 68.6 Å². The van der Waals surface area contributed by atoms with E-state index in [-0.39, 0.29) is 11.9 Å². The van der Waals surface area contributed by atoms with Crippen molar-refractivity contribution >= 4 is 16.8 Å². The van der Waals surface area contributed by atoms with Crippen LogP contribution >= 0.6 is 0 Å². The molecular weight excluding hydrogens is 416 g/mol. The molecule has 3 fully saturated rings. The van der Waals surface area contributed by atoms with Gasteiger partial charge in [-0.3, -0.25) is 14.4 Å². The van der Waals surface area contributed by atoms with Crippen LogP contribution < -0.4 is 10.1 Å². The van der Waals surface area contributed by atoms with Crippen LogP contribution in [0, 0.1) is 0 Å². The molecule has 1 aromatic heterocycles. The van der Waals surface area contributed by atoms with Gasteiger partial charge >= 0.3 is 0 Å². The van der Waals surface area contributed by atoms with Crippen LogP contribution in [0.15, 0.2) is 48.5 Å². The summed E-state index contributed by atoms with van der Waals surface area (Å²) in [6.07, 6.45) is 4.06. The molecule has 2 bridgehead atoms. The zero-order valence-corrected chi connectivity index (χ0v) is 18.9. The first-order valence-electron chi connectivity index (χ1n) is 11.9. The number of hydrogen-bond donors (Lipinski definition) is 1.